The van der Waals surface area contributed by atoms with Gasteiger partial charge in [0.2, 0.25) is 0 Å². The SMILES string of the molecule is COCC(C)NC(=O)c1cnn2ccc(N3CCCC3)nc12.Fc1cccnc1. The van der Waals surface area contributed by atoms with Gasteiger partial charge in [0.1, 0.15) is 17.2 Å². The lowest BCUT2D eigenvalue weighted by molar-refractivity contribution is 0.0907. The molecule has 1 aliphatic rings. The molecular weight excluding hydrogens is 375 g/mol. The highest BCUT2D eigenvalue weighted by molar-refractivity contribution is 5.99. The van der Waals surface area contributed by atoms with Crippen LogP contribution in [0.5, 0.6) is 0 Å². The Hall–Kier alpha value is -3.07. The van der Waals surface area contributed by atoms with Crippen LogP contribution in [0, 0.1) is 5.82 Å². The lowest BCUT2D eigenvalue weighted by atomic mass is 10.2. The maximum absolute atomic E-state index is 12.4. The number of amides is 1. The number of hydrogen-bond acceptors (Lipinski definition) is 6. The van der Waals surface area contributed by atoms with Crippen molar-refractivity contribution >= 4 is 17.4 Å². The molecule has 0 aromatic carbocycles. The molecule has 1 fully saturated rings. The van der Waals surface area contributed by atoms with Gasteiger partial charge in [-0.3, -0.25) is 9.78 Å². The third kappa shape index (κ3) is 5.47. The van der Waals surface area contributed by atoms with Gasteiger partial charge in [-0.1, -0.05) is 0 Å². The highest BCUT2D eigenvalue weighted by Gasteiger charge is 2.19. The van der Waals surface area contributed by atoms with Crippen LogP contribution >= 0.6 is 0 Å². The first-order chi connectivity index (χ1) is 14.1. The zero-order chi connectivity index (χ0) is 20.6. The predicted molar refractivity (Wildman–Crippen MR) is 107 cm³/mol. The van der Waals surface area contributed by atoms with Gasteiger partial charge in [-0.2, -0.15) is 5.10 Å². The average Bonchev–Trinajstić information content (AvgIpc) is 3.39. The fraction of sp³-hybridized carbons (Fsp3) is 0.400. The van der Waals surface area contributed by atoms with Crippen LogP contribution in [0.2, 0.25) is 0 Å². The Labute approximate surface area is 168 Å². The number of anilines is 1. The molecule has 1 aliphatic heterocycles. The van der Waals surface area contributed by atoms with Gasteiger partial charge in [0.15, 0.2) is 5.65 Å². The minimum atomic E-state index is -0.289. The van der Waals surface area contributed by atoms with Gasteiger partial charge in [0.05, 0.1) is 19.0 Å². The summed E-state index contributed by atoms with van der Waals surface area (Å²) in [5.41, 5.74) is 1.08. The first kappa shape index (κ1) is 20.7. The number of hydrogen-bond donors (Lipinski definition) is 1. The zero-order valence-corrected chi connectivity index (χ0v) is 16.6. The Kier molecular flexibility index (Phi) is 7.07. The first-order valence-electron chi connectivity index (χ1n) is 9.53. The number of pyridine rings is 1. The van der Waals surface area contributed by atoms with Crippen LogP contribution < -0.4 is 10.2 Å². The molecule has 4 heterocycles. The molecule has 0 saturated carbocycles. The summed E-state index contributed by atoms with van der Waals surface area (Å²) in [5.74, 6) is 0.442. The fourth-order valence-corrected chi connectivity index (χ4v) is 3.08. The van der Waals surface area contributed by atoms with E-state index >= 15 is 0 Å². The second-order valence-corrected chi connectivity index (χ2v) is 6.81. The maximum atomic E-state index is 12.4. The van der Waals surface area contributed by atoms with Crippen LogP contribution in [0.25, 0.3) is 5.65 Å². The molecule has 154 valence electrons. The van der Waals surface area contributed by atoms with Gasteiger partial charge >= 0.3 is 0 Å². The Bertz CT molecular complexity index is 927. The predicted octanol–water partition coefficient (Wildman–Crippen LogP) is 2.31. The molecule has 3 aromatic heterocycles. The van der Waals surface area contributed by atoms with E-state index < -0.39 is 0 Å². The molecule has 4 rings (SSSR count). The third-order valence-corrected chi connectivity index (χ3v) is 4.45. The van der Waals surface area contributed by atoms with Crippen molar-refractivity contribution in [3.8, 4) is 0 Å². The van der Waals surface area contributed by atoms with Gasteiger partial charge in [-0.05, 0) is 38.0 Å². The Morgan fingerprint density at radius 3 is 2.72 bits per heavy atom. The molecule has 1 atom stereocenters. The number of carbonyl (C=O) groups excluding carboxylic acids is 1. The lowest BCUT2D eigenvalue weighted by Crippen LogP contribution is -2.35. The molecule has 0 spiro atoms. The Morgan fingerprint density at radius 1 is 1.31 bits per heavy atom. The molecule has 0 radical (unpaired) electrons. The van der Waals surface area contributed by atoms with E-state index in [0.29, 0.717) is 17.8 Å². The second-order valence-electron chi connectivity index (χ2n) is 6.81. The molecule has 8 nitrogen and oxygen atoms in total. The molecule has 1 saturated heterocycles. The van der Waals surface area contributed by atoms with Crippen LogP contribution in [0.3, 0.4) is 0 Å². The van der Waals surface area contributed by atoms with E-state index in [4.69, 9.17) is 4.74 Å². The van der Waals surface area contributed by atoms with Gasteiger partial charge in [-0.25, -0.2) is 13.9 Å². The Balaban J connectivity index is 0.000000290. The standard InChI is InChI=1S/C15H21N5O2.C5H4FN/c1-11(10-22-2)17-15(21)12-9-16-20-8-5-13(18-14(12)20)19-6-3-4-7-19;6-5-2-1-3-7-4-5/h5,8-9,11H,3-4,6-7,10H2,1-2H3,(H,17,21);1-4H. The van der Waals surface area contributed by atoms with Crippen molar-refractivity contribution in [3.63, 3.8) is 0 Å². The number of rotatable bonds is 5. The summed E-state index contributed by atoms with van der Waals surface area (Å²) in [6, 6.07) is 4.79. The summed E-state index contributed by atoms with van der Waals surface area (Å²) in [5, 5.41) is 7.10. The summed E-state index contributed by atoms with van der Waals surface area (Å²) < 4.78 is 18.5. The zero-order valence-electron chi connectivity index (χ0n) is 16.6. The van der Waals surface area contributed by atoms with Crippen molar-refractivity contribution in [2.75, 3.05) is 31.7 Å². The highest BCUT2D eigenvalue weighted by atomic mass is 19.1. The summed E-state index contributed by atoms with van der Waals surface area (Å²) in [7, 11) is 1.61. The number of nitrogens with one attached hydrogen (secondary N) is 1. The minimum Gasteiger partial charge on any atom is -0.383 e. The van der Waals surface area contributed by atoms with Crippen molar-refractivity contribution in [2.45, 2.75) is 25.8 Å². The third-order valence-electron chi connectivity index (χ3n) is 4.45. The Morgan fingerprint density at radius 2 is 2.10 bits per heavy atom. The summed E-state index contributed by atoms with van der Waals surface area (Å²) in [4.78, 5) is 22.7. The average molecular weight is 400 g/mol. The monoisotopic (exact) mass is 400 g/mol. The molecule has 9 heteroatoms. The molecule has 0 aliphatic carbocycles. The van der Waals surface area contributed by atoms with E-state index in [1.54, 1.807) is 23.9 Å². The number of halogens is 1. The summed E-state index contributed by atoms with van der Waals surface area (Å²) in [6.45, 7) is 4.40. The van der Waals surface area contributed by atoms with E-state index in [1.807, 2.05) is 19.2 Å². The summed E-state index contributed by atoms with van der Waals surface area (Å²) in [6.07, 6.45) is 8.49. The molecule has 1 amide bonds. The van der Waals surface area contributed by atoms with Gasteiger partial charge in [0, 0.05) is 38.6 Å². The number of nitrogens with zero attached hydrogens (tertiary/aromatic N) is 5. The topological polar surface area (TPSA) is 84.6 Å². The number of ether oxygens (including phenoxy) is 1. The molecule has 3 aromatic rings. The van der Waals surface area contributed by atoms with Crippen molar-refractivity contribution in [1.82, 2.24) is 24.9 Å². The highest BCUT2D eigenvalue weighted by Crippen LogP contribution is 2.19. The van der Waals surface area contributed by atoms with Crippen molar-refractivity contribution in [2.24, 2.45) is 0 Å². The van der Waals surface area contributed by atoms with Gasteiger partial charge < -0.3 is 15.0 Å². The van der Waals surface area contributed by atoms with E-state index in [0.717, 1.165) is 18.9 Å². The van der Waals surface area contributed by atoms with Crippen molar-refractivity contribution in [3.05, 3.63) is 54.4 Å². The number of carbonyl (C=O) groups is 1. The fourth-order valence-electron chi connectivity index (χ4n) is 3.08. The van der Waals surface area contributed by atoms with Gasteiger partial charge in [0.25, 0.3) is 5.91 Å². The largest absolute Gasteiger partial charge is 0.383 e. The van der Waals surface area contributed by atoms with E-state index in [2.05, 4.69) is 25.3 Å². The smallest absolute Gasteiger partial charge is 0.257 e. The quantitative estimate of drug-likeness (QED) is 0.708. The van der Waals surface area contributed by atoms with Crippen LogP contribution in [-0.2, 0) is 4.74 Å². The van der Waals surface area contributed by atoms with E-state index in [-0.39, 0.29) is 17.8 Å². The molecule has 29 heavy (non-hydrogen) atoms. The first-order valence-corrected chi connectivity index (χ1v) is 9.53. The van der Waals surface area contributed by atoms with Crippen molar-refractivity contribution in [1.29, 1.82) is 0 Å². The number of methoxy groups -OCH3 is 1. The number of fused-ring (bicyclic) bond motifs is 1. The molecular formula is C20H25FN6O2. The molecule has 1 unspecified atom stereocenters. The van der Waals surface area contributed by atoms with Crippen molar-refractivity contribution < 1.29 is 13.9 Å². The minimum absolute atomic E-state index is 0.0609. The molecule has 1 N–H and O–H groups in total. The second kappa shape index (κ2) is 9.92. The van der Waals surface area contributed by atoms with Crippen LogP contribution in [0.15, 0.2) is 43.0 Å². The summed E-state index contributed by atoms with van der Waals surface area (Å²) >= 11 is 0. The maximum Gasteiger partial charge on any atom is 0.257 e. The van der Waals surface area contributed by atoms with E-state index in [1.165, 1.54) is 31.3 Å². The molecule has 0 bridgehead atoms. The normalized spacial score (nSPS) is 14.4. The number of aromatic nitrogens is 4. The van der Waals surface area contributed by atoms with Crippen LogP contribution in [-0.4, -0.2) is 58.3 Å². The van der Waals surface area contributed by atoms with Crippen LogP contribution in [0.1, 0.15) is 30.1 Å². The van der Waals surface area contributed by atoms with E-state index in [9.17, 15) is 9.18 Å². The lowest BCUT2D eigenvalue weighted by Gasteiger charge is -2.16. The van der Waals surface area contributed by atoms with Crippen LogP contribution in [0.4, 0.5) is 10.2 Å². The van der Waals surface area contributed by atoms with Gasteiger partial charge in [-0.15, -0.1) is 0 Å².